The molecule has 0 heterocycles. The highest BCUT2D eigenvalue weighted by Crippen LogP contribution is 2.21. The van der Waals surface area contributed by atoms with Crippen molar-refractivity contribution < 1.29 is 4.39 Å². The molecule has 0 saturated heterocycles. The predicted octanol–water partition coefficient (Wildman–Crippen LogP) is 4.63. The second kappa shape index (κ2) is 6.88. The maximum Gasteiger partial charge on any atom is 0.0929 e. The van der Waals surface area contributed by atoms with Crippen molar-refractivity contribution in [3.05, 3.63) is 23.6 Å². The molecule has 0 aromatic carbocycles. The van der Waals surface area contributed by atoms with Gasteiger partial charge in [-0.2, -0.15) is 0 Å². The SMILES string of the molecule is C/C=C(/C)[C@@H](C/C=C(\C)F)CCC. The summed E-state index contributed by atoms with van der Waals surface area (Å²) in [6, 6.07) is 0. The van der Waals surface area contributed by atoms with Crippen molar-refractivity contribution in [1.82, 2.24) is 0 Å². The van der Waals surface area contributed by atoms with Crippen LogP contribution in [0.25, 0.3) is 0 Å². The molecule has 0 unspecified atom stereocenters. The minimum atomic E-state index is -0.0648. The Morgan fingerprint density at radius 1 is 1.38 bits per heavy atom. The van der Waals surface area contributed by atoms with Gasteiger partial charge in [0.2, 0.25) is 0 Å². The number of halogens is 1. The minimum Gasteiger partial charge on any atom is -0.212 e. The van der Waals surface area contributed by atoms with Crippen molar-refractivity contribution in [3.63, 3.8) is 0 Å². The summed E-state index contributed by atoms with van der Waals surface area (Å²) in [5.41, 5.74) is 1.37. The lowest BCUT2D eigenvalue weighted by molar-refractivity contribution is 0.544. The molecule has 0 radical (unpaired) electrons. The molecule has 0 spiro atoms. The fraction of sp³-hybridized carbons (Fsp3) is 0.667. The van der Waals surface area contributed by atoms with Crippen molar-refractivity contribution in [2.45, 2.75) is 47.0 Å². The molecule has 0 rings (SSSR count). The third-order valence-electron chi connectivity index (χ3n) is 2.42. The molecule has 0 aliphatic carbocycles. The minimum absolute atomic E-state index is 0.0648. The lowest BCUT2D eigenvalue weighted by Gasteiger charge is -2.14. The van der Waals surface area contributed by atoms with Crippen LogP contribution in [0.1, 0.15) is 47.0 Å². The van der Waals surface area contributed by atoms with Crippen LogP contribution < -0.4 is 0 Å². The van der Waals surface area contributed by atoms with Gasteiger partial charge in [-0.1, -0.05) is 31.1 Å². The van der Waals surface area contributed by atoms with Gasteiger partial charge in [0.15, 0.2) is 0 Å². The van der Waals surface area contributed by atoms with Gasteiger partial charge in [-0.25, -0.2) is 4.39 Å². The first kappa shape index (κ1) is 12.4. The lowest BCUT2D eigenvalue weighted by atomic mass is 9.92. The topological polar surface area (TPSA) is 0 Å². The zero-order valence-corrected chi connectivity index (χ0v) is 9.23. The Kier molecular flexibility index (Phi) is 6.56. The van der Waals surface area contributed by atoms with Gasteiger partial charge in [0, 0.05) is 0 Å². The summed E-state index contributed by atoms with van der Waals surface area (Å²) >= 11 is 0. The van der Waals surface area contributed by atoms with E-state index in [0.717, 1.165) is 19.3 Å². The van der Waals surface area contributed by atoms with Crippen molar-refractivity contribution in [3.8, 4) is 0 Å². The lowest BCUT2D eigenvalue weighted by Crippen LogP contribution is -2.00. The zero-order chi connectivity index (χ0) is 10.3. The number of rotatable bonds is 5. The Balaban J connectivity index is 4.18. The van der Waals surface area contributed by atoms with E-state index < -0.39 is 0 Å². The van der Waals surface area contributed by atoms with Crippen LogP contribution in [0.4, 0.5) is 4.39 Å². The van der Waals surface area contributed by atoms with Gasteiger partial charge in [0.25, 0.3) is 0 Å². The monoisotopic (exact) mass is 184 g/mol. The molecule has 0 amide bonds. The molecule has 76 valence electrons. The van der Waals surface area contributed by atoms with Crippen LogP contribution in [0.5, 0.6) is 0 Å². The summed E-state index contributed by atoms with van der Waals surface area (Å²) < 4.78 is 12.5. The van der Waals surface area contributed by atoms with E-state index in [4.69, 9.17) is 0 Å². The standard InChI is InChI=1S/C12H21F/c1-5-7-12(10(3)6-2)9-8-11(4)13/h6,8,12H,5,7,9H2,1-4H3/b10-6-,11-8+/t12-/m1/s1. The molecule has 1 atom stereocenters. The van der Waals surface area contributed by atoms with Gasteiger partial charge in [-0.05, 0) is 39.5 Å². The predicted molar refractivity (Wildman–Crippen MR) is 57.3 cm³/mol. The maximum atomic E-state index is 12.5. The highest BCUT2D eigenvalue weighted by molar-refractivity contribution is 5.04. The van der Waals surface area contributed by atoms with Crippen molar-refractivity contribution >= 4 is 0 Å². The Hall–Kier alpha value is -0.590. The third-order valence-corrected chi connectivity index (χ3v) is 2.42. The molecule has 0 saturated carbocycles. The van der Waals surface area contributed by atoms with Gasteiger partial charge >= 0.3 is 0 Å². The van der Waals surface area contributed by atoms with E-state index in [1.807, 2.05) is 6.92 Å². The van der Waals surface area contributed by atoms with Gasteiger partial charge < -0.3 is 0 Å². The largest absolute Gasteiger partial charge is 0.212 e. The molecular weight excluding hydrogens is 163 g/mol. The second-order valence-electron chi connectivity index (χ2n) is 3.54. The summed E-state index contributed by atoms with van der Waals surface area (Å²) in [5.74, 6) is 0.464. The van der Waals surface area contributed by atoms with Crippen LogP contribution in [-0.4, -0.2) is 0 Å². The van der Waals surface area contributed by atoms with Crippen molar-refractivity contribution in [1.29, 1.82) is 0 Å². The van der Waals surface area contributed by atoms with E-state index in [0.29, 0.717) is 5.92 Å². The summed E-state index contributed by atoms with van der Waals surface area (Å²) in [4.78, 5) is 0. The first-order valence-corrected chi connectivity index (χ1v) is 5.06. The summed E-state index contributed by atoms with van der Waals surface area (Å²) in [5, 5.41) is 0. The van der Waals surface area contributed by atoms with Crippen LogP contribution in [-0.2, 0) is 0 Å². The highest BCUT2D eigenvalue weighted by Gasteiger charge is 2.07. The molecule has 0 fully saturated rings. The number of hydrogen-bond acceptors (Lipinski definition) is 0. The summed E-state index contributed by atoms with van der Waals surface area (Å²) in [6.45, 7) is 7.85. The molecule has 1 heteroatoms. The number of allylic oxidation sites excluding steroid dienone is 4. The van der Waals surface area contributed by atoms with Gasteiger partial charge in [-0.15, -0.1) is 0 Å². The molecule has 13 heavy (non-hydrogen) atoms. The highest BCUT2D eigenvalue weighted by atomic mass is 19.1. The Morgan fingerprint density at radius 2 is 2.00 bits per heavy atom. The fourth-order valence-corrected chi connectivity index (χ4v) is 1.42. The van der Waals surface area contributed by atoms with Crippen molar-refractivity contribution in [2.75, 3.05) is 0 Å². The van der Waals surface area contributed by atoms with E-state index in [1.54, 1.807) is 6.08 Å². The smallest absolute Gasteiger partial charge is 0.0929 e. The van der Waals surface area contributed by atoms with Crippen LogP contribution in [0, 0.1) is 5.92 Å². The first-order valence-electron chi connectivity index (χ1n) is 5.06. The van der Waals surface area contributed by atoms with Crippen LogP contribution >= 0.6 is 0 Å². The fourth-order valence-electron chi connectivity index (χ4n) is 1.42. The van der Waals surface area contributed by atoms with Gasteiger partial charge in [0.05, 0.1) is 5.83 Å². The van der Waals surface area contributed by atoms with E-state index in [9.17, 15) is 4.39 Å². The Labute approximate surface area is 81.5 Å². The first-order chi connectivity index (χ1) is 6.11. The normalized spacial score (nSPS) is 16.1. The van der Waals surface area contributed by atoms with E-state index in [-0.39, 0.29) is 5.83 Å². The van der Waals surface area contributed by atoms with E-state index >= 15 is 0 Å². The molecule has 0 bridgehead atoms. The summed E-state index contributed by atoms with van der Waals surface area (Å²) in [7, 11) is 0. The average Bonchev–Trinajstić information content (AvgIpc) is 2.10. The molecule has 0 aliphatic rings. The quantitative estimate of drug-likeness (QED) is 0.546. The third kappa shape index (κ3) is 5.62. The zero-order valence-electron chi connectivity index (χ0n) is 9.23. The molecule has 0 aromatic heterocycles. The van der Waals surface area contributed by atoms with Crippen LogP contribution in [0.15, 0.2) is 23.6 Å². The molecule has 0 N–H and O–H groups in total. The average molecular weight is 184 g/mol. The van der Waals surface area contributed by atoms with Crippen LogP contribution in [0.2, 0.25) is 0 Å². The Morgan fingerprint density at radius 3 is 2.38 bits per heavy atom. The van der Waals surface area contributed by atoms with E-state index in [1.165, 1.54) is 12.5 Å². The maximum absolute atomic E-state index is 12.5. The Bertz CT molecular complexity index is 185. The van der Waals surface area contributed by atoms with Crippen LogP contribution in [0.3, 0.4) is 0 Å². The molecule has 0 aliphatic heterocycles. The summed E-state index contributed by atoms with van der Waals surface area (Å²) in [6.07, 6.45) is 6.97. The van der Waals surface area contributed by atoms with Gasteiger partial charge in [-0.3, -0.25) is 0 Å². The molecule has 0 aromatic rings. The van der Waals surface area contributed by atoms with E-state index in [2.05, 4.69) is 19.9 Å². The van der Waals surface area contributed by atoms with Crippen molar-refractivity contribution in [2.24, 2.45) is 5.92 Å². The van der Waals surface area contributed by atoms with Gasteiger partial charge in [0.1, 0.15) is 0 Å². The molecule has 0 nitrogen and oxygen atoms in total. The number of hydrogen-bond donors (Lipinski definition) is 0. The molecular formula is C12H21F. The second-order valence-corrected chi connectivity index (χ2v) is 3.54.